The Morgan fingerprint density at radius 1 is 1.21 bits per heavy atom. The highest BCUT2D eigenvalue weighted by atomic mass is 35.5. The molecule has 19 heavy (non-hydrogen) atoms. The lowest BCUT2D eigenvalue weighted by Gasteiger charge is -2.11. The molecule has 0 amide bonds. The van der Waals surface area contributed by atoms with Gasteiger partial charge in [-0.05, 0) is 30.7 Å². The van der Waals surface area contributed by atoms with Gasteiger partial charge < -0.3 is 5.32 Å². The first-order valence-electron chi connectivity index (χ1n) is 5.86. The van der Waals surface area contributed by atoms with Crippen LogP contribution in [0.25, 0.3) is 0 Å². The van der Waals surface area contributed by atoms with Gasteiger partial charge in [-0.2, -0.15) is 0 Å². The van der Waals surface area contributed by atoms with Gasteiger partial charge >= 0.3 is 0 Å². The Hall–Kier alpha value is -1.87. The van der Waals surface area contributed by atoms with Crippen LogP contribution in [0.15, 0.2) is 42.5 Å². The minimum absolute atomic E-state index is 0.0783. The second-order valence-electron chi connectivity index (χ2n) is 4.16. The summed E-state index contributed by atoms with van der Waals surface area (Å²) in [5, 5.41) is 3.68. The Balaban J connectivity index is 2.23. The van der Waals surface area contributed by atoms with E-state index in [2.05, 4.69) is 5.32 Å². The third-order valence-corrected chi connectivity index (χ3v) is 3.16. The monoisotopic (exact) mass is 277 g/mol. The topological polar surface area (TPSA) is 29.1 Å². The molecule has 0 saturated carbocycles. The molecule has 2 aromatic rings. The van der Waals surface area contributed by atoms with E-state index in [0.29, 0.717) is 17.3 Å². The first-order valence-corrected chi connectivity index (χ1v) is 6.24. The molecular formula is C15H13ClFNO. The van der Waals surface area contributed by atoms with E-state index in [9.17, 15) is 9.18 Å². The summed E-state index contributed by atoms with van der Waals surface area (Å²) >= 11 is 6.04. The third-order valence-electron chi connectivity index (χ3n) is 2.79. The molecule has 98 valence electrons. The summed E-state index contributed by atoms with van der Waals surface area (Å²) in [6.07, 6.45) is 0. The number of hydrogen-bond donors (Lipinski definition) is 1. The van der Waals surface area contributed by atoms with Gasteiger partial charge in [-0.3, -0.25) is 4.79 Å². The van der Waals surface area contributed by atoms with Gasteiger partial charge in [0.25, 0.3) is 0 Å². The maximum absolute atomic E-state index is 13.6. The summed E-state index contributed by atoms with van der Waals surface area (Å²) in [6.45, 7) is 1.78. The molecule has 0 atom stereocenters. The Morgan fingerprint density at radius 2 is 1.95 bits per heavy atom. The lowest BCUT2D eigenvalue weighted by molar-refractivity contribution is 0.101. The standard InChI is InChI=1S/C15H13ClFNO/c1-10(19)15-13(17)7-4-8-14(15)18-9-11-5-2-3-6-12(11)16/h2-8,18H,9H2,1H3. The van der Waals surface area contributed by atoms with Crippen LogP contribution in [0.4, 0.5) is 10.1 Å². The van der Waals surface area contributed by atoms with Crippen LogP contribution in [0.3, 0.4) is 0 Å². The minimum Gasteiger partial charge on any atom is -0.380 e. The summed E-state index contributed by atoms with van der Waals surface area (Å²) in [5.74, 6) is -0.823. The van der Waals surface area contributed by atoms with Crippen molar-refractivity contribution in [2.75, 3.05) is 5.32 Å². The number of halogens is 2. The van der Waals surface area contributed by atoms with Crippen molar-refractivity contribution < 1.29 is 9.18 Å². The van der Waals surface area contributed by atoms with Gasteiger partial charge in [0.05, 0.1) is 5.56 Å². The molecule has 0 heterocycles. The van der Waals surface area contributed by atoms with Crippen molar-refractivity contribution >= 4 is 23.1 Å². The van der Waals surface area contributed by atoms with Gasteiger partial charge in [0.1, 0.15) is 5.82 Å². The zero-order valence-electron chi connectivity index (χ0n) is 10.4. The van der Waals surface area contributed by atoms with E-state index in [0.717, 1.165) is 5.56 Å². The van der Waals surface area contributed by atoms with E-state index < -0.39 is 5.82 Å². The zero-order valence-corrected chi connectivity index (χ0v) is 11.2. The van der Waals surface area contributed by atoms with E-state index in [1.54, 1.807) is 18.2 Å². The molecule has 0 aliphatic rings. The predicted molar refractivity (Wildman–Crippen MR) is 75.2 cm³/mol. The molecule has 2 aromatic carbocycles. The van der Waals surface area contributed by atoms with Crippen molar-refractivity contribution in [1.82, 2.24) is 0 Å². The molecule has 2 nitrogen and oxygen atoms in total. The Morgan fingerprint density at radius 3 is 2.63 bits per heavy atom. The summed E-state index contributed by atoms with van der Waals surface area (Å²) in [5.41, 5.74) is 1.45. The smallest absolute Gasteiger partial charge is 0.164 e. The number of carbonyl (C=O) groups excluding carboxylic acids is 1. The number of hydrogen-bond acceptors (Lipinski definition) is 2. The fourth-order valence-corrected chi connectivity index (χ4v) is 2.06. The Kier molecular flexibility index (Phi) is 4.17. The van der Waals surface area contributed by atoms with E-state index in [-0.39, 0.29) is 11.3 Å². The molecule has 0 bridgehead atoms. The molecule has 0 fully saturated rings. The van der Waals surface area contributed by atoms with Crippen LogP contribution in [0.1, 0.15) is 22.8 Å². The largest absolute Gasteiger partial charge is 0.380 e. The van der Waals surface area contributed by atoms with Crippen molar-refractivity contribution in [2.45, 2.75) is 13.5 Å². The average Bonchev–Trinajstić information content (AvgIpc) is 2.37. The van der Waals surface area contributed by atoms with E-state index in [1.807, 2.05) is 18.2 Å². The average molecular weight is 278 g/mol. The number of rotatable bonds is 4. The molecule has 0 aromatic heterocycles. The molecule has 0 unspecified atom stereocenters. The number of carbonyl (C=O) groups is 1. The van der Waals surface area contributed by atoms with Gasteiger partial charge in [0.15, 0.2) is 5.78 Å². The molecule has 0 saturated heterocycles. The predicted octanol–water partition coefficient (Wildman–Crippen LogP) is 4.29. The third kappa shape index (κ3) is 3.12. The van der Waals surface area contributed by atoms with E-state index >= 15 is 0 Å². The maximum Gasteiger partial charge on any atom is 0.164 e. The minimum atomic E-state index is -0.517. The lowest BCUT2D eigenvalue weighted by Crippen LogP contribution is -2.07. The lowest BCUT2D eigenvalue weighted by atomic mass is 10.1. The van der Waals surface area contributed by atoms with Crippen LogP contribution in [0, 0.1) is 5.82 Å². The molecule has 0 spiro atoms. The molecule has 0 radical (unpaired) electrons. The maximum atomic E-state index is 13.6. The van der Waals surface area contributed by atoms with Crippen molar-refractivity contribution in [3.63, 3.8) is 0 Å². The molecule has 2 rings (SSSR count). The Bertz CT molecular complexity index is 613. The highest BCUT2D eigenvalue weighted by molar-refractivity contribution is 6.31. The SMILES string of the molecule is CC(=O)c1c(F)cccc1NCc1ccccc1Cl. The normalized spacial score (nSPS) is 10.3. The van der Waals surface area contributed by atoms with Crippen molar-refractivity contribution in [2.24, 2.45) is 0 Å². The molecule has 0 aliphatic heterocycles. The number of anilines is 1. The highest BCUT2D eigenvalue weighted by Gasteiger charge is 2.12. The van der Waals surface area contributed by atoms with Gasteiger partial charge in [-0.15, -0.1) is 0 Å². The first kappa shape index (κ1) is 13.6. The molecular weight excluding hydrogens is 265 g/mol. The summed E-state index contributed by atoms with van der Waals surface area (Å²) in [7, 11) is 0. The second-order valence-corrected chi connectivity index (χ2v) is 4.57. The van der Waals surface area contributed by atoms with Crippen molar-refractivity contribution in [3.8, 4) is 0 Å². The molecule has 0 aliphatic carbocycles. The number of nitrogens with one attached hydrogen (secondary N) is 1. The van der Waals surface area contributed by atoms with Crippen LogP contribution in [-0.4, -0.2) is 5.78 Å². The van der Waals surface area contributed by atoms with Gasteiger partial charge in [-0.1, -0.05) is 35.9 Å². The summed E-state index contributed by atoms with van der Waals surface area (Å²) in [4.78, 5) is 11.5. The van der Waals surface area contributed by atoms with Gasteiger partial charge in [0, 0.05) is 17.3 Å². The summed E-state index contributed by atoms with van der Waals surface area (Å²) < 4.78 is 13.6. The second kappa shape index (κ2) is 5.85. The van der Waals surface area contributed by atoms with Crippen LogP contribution >= 0.6 is 11.6 Å². The zero-order chi connectivity index (χ0) is 13.8. The van der Waals surface area contributed by atoms with E-state index in [4.69, 9.17) is 11.6 Å². The number of benzene rings is 2. The van der Waals surface area contributed by atoms with Crippen LogP contribution in [-0.2, 0) is 6.54 Å². The van der Waals surface area contributed by atoms with Crippen LogP contribution in [0.5, 0.6) is 0 Å². The quantitative estimate of drug-likeness (QED) is 0.845. The fraction of sp³-hybridized carbons (Fsp3) is 0.133. The highest BCUT2D eigenvalue weighted by Crippen LogP contribution is 2.22. The van der Waals surface area contributed by atoms with Crippen molar-refractivity contribution in [1.29, 1.82) is 0 Å². The van der Waals surface area contributed by atoms with Gasteiger partial charge in [0.2, 0.25) is 0 Å². The van der Waals surface area contributed by atoms with Crippen LogP contribution in [0.2, 0.25) is 5.02 Å². The molecule has 4 heteroatoms. The Labute approximate surface area is 116 Å². The summed E-state index contributed by atoms with van der Waals surface area (Å²) in [6, 6.07) is 11.9. The first-order chi connectivity index (χ1) is 9.09. The fourth-order valence-electron chi connectivity index (χ4n) is 1.86. The molecule has 1 N–H and O–H groups in total. The van der Waals surface area contributed by atoms with E-state index in [1.165, 1.54) is 13.0 Å². The number of ketones is 1. The van der Waals surface area contributed by atoms with Crippen molar-refractivity contribution in [3.05, 3.63) is 64.4 Å². The number of Topliss-reactive ketones (excluding diaryl/α,β-unsaturated/α-hetero) is 1. The van der Waals surface area contributed by atoms with Crippen LogP contribution < -0.4 is 5.32 Å². The van der Waals surface area contributed by atoms with Gasteiger partial charge in [-0.25, -0.2) is 4.39 Å².